The zero-order valence-electron chi connectivity index (χ0n) is 13.6. The van der Waals surface area contributed by atoms with Crippen molar-refractivity contribution in [1.82, 2.24) is 15.1 Å². The van der Waals surface area contributed by atoms with Crippen molar-refractivity contribution in [3.63, 3.8) is 0 Å². The number of carbonyl (C=O) groups is 1. The number of piperazine rings is 1. The van der Waals surface area contributed by atoms with Gasteiger partial charge in [0.1, 0.15) is 0 Å². The lowest BCUT2D eigenvalue weighted by Gasteiger charge is -2.35. The van der Waals surface area contributed by atoms with Crippen molar-refractivity contribution in [2.24, 2.45) is 0 Å². The first kappa shape index (κ1) is 16.5. The van der Waals surface area contributed by atoms with Gasteiger partial charge in [0.2, 0.25) is 5.91 Å². The van der Waals surface area contributed by atoms with Gasteiger partial charge in [-0.15, -0.1) is 0 Å². The fourth-order valence-electron chi connectivity index (χ4n) is 3.38. The first-order valence-electron chi connectivity index (χ1n) is 8.29. The second-order valence-electron chi connectivity index (χ2n) is 6.31. The number of nitrogens with one attached hydrogen (secondary N) is 1. The highest BCUT2D eigenvalue weighted by Crippen LogP contribution is 2.29. The minimum atomic E-state index is 0.165. The number of benzene rings is 1. The third kappa shape index (κ3) is 4.14. The van der Waals surface area contributed by atoms with E-state index in [4.69, 9.17) is 11.6 Å². The van der Waals surface area contributed by atoms with Crippen LogP contribution in [0.4, 0.5) is 0 Å². The van der Waals surface area contributed by atoms with Gasteiger partial charge in [-0.3, -0.25) is 9.69 Å². The van der Waals surface area contributed by atoms with Crippen LogP contribution in [0.1, 0.15) is 18.9 Å². The average molecular weight is 334 g/mol. The maximum absolute atomic E-state index is 11.8. The standard InChI is InChI=1S/C18H24ClN3O/c1-14(23)22-9-6-18(15-2-4-17(19)5-3-15)16(13-22)12-21-10-7-20-8-11-21/h2-5,20H,6-13H2,1H3. The number of hydrogen-bond donors (Lipinski definition) is 1. The minimum Gasteiger partial charge on any atom is -0.339 e. The zero-order valence-corrected chi connectivity index (χ0v) is 14.4. The summed E-state index contributed by atoms with van der Waals surface area (Å²) in [6.45, 7) is 8.38. The van der Waals surface area contributed by atoms with Gasteiger partial charge in [0, 0.05) is 57.8 Å². The Morgan fingerprint density at radius 1 is 1.17 bits per heavy atom. The van der Waals surface area contributed by atoms with Crippen molar-refractivity contribution in [2.75, 3.05) is 45.8 Å². The van der Waals surface area contributed by atoms with E-state index in [1.807, 2.05) is 17.0 Å². The van der Waals surface area contributed by atoms with E-state index in [0.29, 0.717) is 0 Å². The van der Waals surface area contributed by atoms with Gasteiger partial charge in [0.25, 0.3) is 0 Å². The van der Waals surface area contributed by atoms with Crippen LogP contribution < -0.4 is 5.32 Å². The normalized spacial score (nSPS) is 20.0. The van der Waals surface area contributed by atoms with Crippen molar-refractivity contribution in [3.8, 4) is 0 Å². The molecule has 0 atom stereocenters. The maximum atomic E-state index is 11.8. The molecule has 2 aliphatic rings. The summed E-state index contributed by atoms with van der Waals surface area (Å²) in [6, 6.07) is 8.09. The molecule has 5 heteroatoms. The smallest absolute Gasteiger partial charge is 0.219 e. The number of hydrogen-bond acceptors (Lipinski definition) is 3. The molecule has 4 nitrogen and oxygen atoms in total. The molecule has 0 radical (unpaired) electrons. The highest BCUT2D eigenvalue weighted by Gasteiger charge is 2.23. The fourth-order valence-corrected chi connectivity index (χ4v) is 3.51. The Kier molecular flexibility index (Phi) is 5.36. The van der Waals surface area contributed by atoms with E-state index in [-0.39, 0.29) is 5.91 Å². The molecule has 1 fully saturated rings. The van der Waals surface area contributed by atoms with E-state index in [2.05, 4.69) is 22.3 Å². The summed E-state index contributed by atoms with van der Waals surface area (Å²) >= 11 is 6.02. The molecule has 1 amide bonds. The molecule has 1 aromatic rings. The second-order valence-corrected chi connectivity index (χ2v) is 6.74. The van der Waals surface area contributed by atoms with Gasteiger partial charge < -0.3 is 10.2 Å². The number of carbonyl (C=O) groups excluding carboxylic acids is 1. The summed E-state index contributed by atoms with van der Waals surface area (Å²) in [7, 11) is 0. The van der Waals surface area contributed by atoms with E-state index >= 15 is 0 Å². The minimum absolute atomic E-state index is 0.165. The predicted octanol–water partition coefficient (Wildman–Crippen LogP) is 2.25. The topological polar surface area (TPSA) is 35.6 Å². The Morgan fingerprint density at radius 3 is 2.52 bits per heavy atom. The molecule has 2 aliphatic heterocycles. The first-order valence-corrected chi connectivity index (χ1v) is 8.66. The Morgan fingerprint density at radius 2 is 1.87 bits per heavy atom. The Hall–Kier alpha value is -1.36. The van der Waals surface area contributed by atoms with Crippen LogP contribution in [0.15, 0.2) is 29.8 Å². The van der Waals surface area contributed by atoms with Crippen LogP contribution >= 0.6 is 11.6 Å². The molecule has 124 valence electrons. The van der Waals surface area contributed by atoms with Crippen LogP contribution in [-0.4, -0.2) is 61.5 Å². The molecular weight excluding hydrogens is 310 g/mol. The Balaban J connectivity index is 1.86. The first-order chi connectivity index (χ1) is 11.1. The molecule has 0 unspecified atom stereocenters. The third-order valence-corrected chi connectivity index (χ3v) is 4.95. The molecule has 0 saturated carbocycles. The van der Waals surface area contributed by atoms with Crippen LogP contribution in [-0.2, 0) is 4.79 Å². The van der Waals surface area contributed by atoms with Gasteiger partial charge in [-0.25, -0.2) is 0 Å². The summed E-state index contributed by atoms with van der Waals surface area (Å²) in [6.07, 6.45) is 0.919. The average Bonchev–Trinajstić information content (AvgIpc) is 2.56. The molecule has 1 aromatic carbocycles. The molecule has 0 aromatic heterocycles. The SMILES string of the molecule is CC(=O)N1CCC(c2ccc(Cl)cc2)=C(CN2CCNCC2)C1. The third-order valence-electron chi connectivity index (χ3n) is 4.70. The van der Waals surface area contributed by atoms with Crippen molar-refractivity contribution in [3.05, 3.63) is 40.4 Å². The van der Waals surface area contributed by atoms with Crippen LogP contribution in [0.2, 0.25) is 5.02 Å². The zero-order chi connectivity index (χ0) is 16.2. The molecule has 0 aliphatic carbocycles. The largest absolute Gasteiger partial charge is 0.339 e. The lowest BCUT2D eigenvalue weighted by Crippen LogP contribution is -2.46. The van der Waals surface area contributed by atoms with Crippen molar-refractivity contribution >= 4 is 23.1 Å². The molecule has 1 saturated heterocycles. The van der Waals surface area contributed by atoms with Crippen LogP contribution in [0.25, 0.3) is 5.57 Å². The lowest BCUT2D eigenvalue weighted by atomic mass is 9.93. The van der Waals surface area contributed by atoms with Gasteiger partial charge in [-0.05, 0) is 35.3 Å². The molecule has 1 N–H and O–H groups in total. The van der Waals surface area contributed by atoms with E-state index < -0.39 is 0 Å². The van der Waals surface area contributed by atoms with Crippen molar-refractivity contribution in [1.29, 1.82) is 0 Å². The van der Waals surface area contributed by atoms with Gasteiger partial charge >= 0.3 is 0 Å². The monoisotopic (exact) mass is 333 g/mol. The van der Waals surface area contributed by atoms with Gasteiger partial charge in [0.15, 0.2) is 0 Å². The molecule has 0 bridgehead atoms. The van der Waals surface area contributed by atoms with Gasteiger partial charge in [-0.1, -0.05) is 23.7 Å². The maximum Gasteiger partial charge on any atom is 0.219 e. The van der Waals surface area contributed by atoms with Crippen molar-refractivity contribution in [2.45, 2.75) is 13.3 Å². The van der Waals surface area contributed by atoms with E-state index in [1.54, 1.807) is 6.92 Å². The molecule has 23 heavy (non-hydrogen) atoms. The molecule has 2 heterocycles. The molecular formula is C18H24ClN3O. The number of nitrogens with zero attached hydrogens (tertiary/aromatic N) is 2. The van der Waals surface area contributed by atoms with E-state index in [1.165, 1.54) is 16.7 Å². The fraction of sp³-hybridized carbons (Fsp3) is 0.500. The van der Waals surface area contributed by atoms with Crippen LogP contribution in [0.5, 0.6) is 0 Å². The lowest BCUT2D eigenvalue weighted by molar-refractivity contribution is -0.128. The second kappa shape index (κ2) is 7.47. The number of amides is 1. The van der Waals surface area contributed by atoms with Crippen molar-refractivity contribution < 1.29 is 4.79 Å². The highest BCUT2D eigenvalue weighted by atomic mass is 35.5. The van der Waals surface area contributed by atoms with Gasteiger partial charge in [-0.2, -0.15) is 0 Å². The summed E-state index contributed by atoms with van der Waals surface area (Å²) in [5.74, 6) is 0.165. The van der Waals surface area contributed by atoms with E-state index in [0.717, 1.165) is 57.3 Å². The highest BCUT2D eigenvalue weighted by molar-refractivity contribution is 6.30. The summed E-state index contributed by atoms with van der Waals surface area (Å²) in [5.41, 5.74) is 4.00. The Labute approximate surface area is 143 Å². The molecule has 3 rings (SSSR count). The summed E-state index contributed by atoms with van der Waals surface area (Å²) in [4.78, 5) is 16.2. The van der Waals surface area contributed by atoms with Gasteiger partial charge in [0.05, 0.1) is 0 Å². The van der Waals surface area contributed by atoms with Crippen LogP contribution in [0.3, 0.4) is 0 Å². The Bertz CT molecular complexity index is 591. The van der Waals surface area contributed by atoms with Crippen LogP contribution in [0, 0.1) is 0 Å². The summed E-state index contributed by atoms with van der Waals surface area (Å²) < 4.78 is 0. The summed E-state index contributed by atoms with van der Waals surface area (Å²) in [5, 5.41) is 4.15. The number of halogens is 1. The predicted molar refractivity (Wildman–Crippen MR) is 94.6 cm³/mol. The quantitative estimate of drug-likeness (QED) is 0.921. The molecule has 0 spiro atoms. The van der Waals surface area contributed by atoms with E-state index in [9.17, 15) is 4.79 Å². The number of rotatable bonds is 3.